The molecule has 5 nitrogen and oxygen atoms in total. The number of nitrogens with zero attached hydrogens (tertiary/aromatic N) is 3. The topological polar surface area (TPSA) is 55.3 Å². The van der Waals surface area contributed by atoms with Crippen LogP contribution in [-0.4, -0.2) is 40.8 Å². The molecule has 1 aliphatic rings. The van der Waals surface area contributed by atoms with E-state index in [1.807, 2.05) is 17.0 Å². The van der Waals surface area contributed by atoms with E-state index in [4.69, 9.17) is 4.74 Å². The van der Waals surface area contributed by atoms with Crippen molar-refractivity contribution >= 4 is 5.97 Å². The lowest BCUT2D eigenvalue weighted by Gasteiger charge is -2.38. The minimum atomic E-state index is -0.162. The average molecular weight is 207 g/mol. The Morgan fingerprint density at radius 2 is 2.60 bits per heavy atom. The summed E-state index contributed by atoms with van der Waals surface area (Å²) in [6, 6.07) is 3.64. The second-order valence-electron chi connectivity index (χ2n) is 3.51. The van der Waals surface area contributed by atoms with E-state index in [2.05, 4.69) is 10.2 Å². The lowest BCUT2D eigenvalue weighted by atomic mass is 10.0. The summed E-state index contributed by atoms with van der Waals surface area (Å²) < 4.78 is 4.71. The molecule has 2 heterocycles. The number of hydrogen-bond donors (Lipinski definition) is 0. The predicted octanol–water partition coefficient (Wildman–Crippen LogP) is 0.224. The van der Waals surface area contributed by atoms with Gasteiger partial charge in [0.05, 0.1) is 12.8 Å². The van der Waals surface area contributed by atoms with E-state index >= 15 is 0 Å². The maximum atomic E-state index is 11.3. The van der Waals surface area contributed by atoms with Gasteiger partial charge in [0.2, 0.25) is 0 Å². The number of rotatable bonds is 3. The Morgan fingerprint density at radius 3 is 3.13 bits per heavy atom. The first-order valence-electron chi connectivity index (χ1n) is 4.89. The normalized spacial score (nSPS) is 20.7. The minimum Gasteiger partial charge on any atom is -0.468 e. The van der Waals surface area contributed by atoms with Crippen LogP contribution >= 0.6 is 0 Å². The maximum Gasteiger partial charge on any atom is 0.323 e. The van der Waals surface area contributed by atoms with Crippen molar-refractivity contribution < 1.29 is 9.53 Å². The fourth-order valence-electron chi connectivity index (χ4n) is 1.66. The number of esters is 1. The van der Waals surface area contributed by atoms with Crippen LogP contribution < -0.4 is 0 Å². The third-order valence-electron chi connectivity index (χ3n) is 2.60. The van der Waals surface area contributed by atoms with Crippen LogP contribution in [0.5, 0.6) is 0 Å². The fraction of sp³-hybridized carbons (Fsp3) is 0.500. The Hall–Kier alpha value is -1.49. The molecule has 1 saturated heterocycles. The molecule has 5 heteroatoms. The van der Waals surface area contributed by atoms with Gasteiger partial charge in [0, 0.05) is 19.3 Å². The SMILES string of the molecule is COC(=O)C1CCN1Cc1cccnn1. The van der Waals surface area contributed by atoms with Crippen molar-refractivity contribution in [2.75, 3.05) is 13.7 Å². The first-order valence-corrected chi connectivity index (χ1v) is 4.89. The van der Waals surface area contributed by atoms with Crippen molar-refractivity contribution in [3.63, 3.8) is 0 Å². The zero-order valence-corrected chi connectivity index (χ0v) is 8.59. The number of methoxy groups -OCH3 is 1. The van der Waals surface area contributed by atoms with E-state index < -0.39 is 0 Å². The molecule has 1 aliphatic heterocycles. The smallest absolute Gasteiger partial charge is 0.323 e. The number of carbonyl (C=O) groups is 1. The van der Waals surface area contributed by atoms with Crippen molar-refractivity contribution in [2.24, 2.45) is 0 Å². The number of ether oxygens (including phenoxy) is 1. The maximum absolute atomic E-state index is 11.3. The zero-order valence-electron chi connectivity index (χ0n) is 8.59. The van der Waals surface area contributed by atoms with Gasteiger partial charge in [-0.15, -0.1) is 0 Å². The standard InChI is InChI=1S/C10H13N3O2/c1-15-10(14)9-4-6-13(9)7-8-3-2-5-11-12-8/h2-3,5,9H,4,6-7H2,1H3. The highest BCUT2D eigenvalue weighted by molar-refractivity contribution is 5.76. The first-order chi connectivity index (χ1) is 7.31. The lowest BCUT2D eigenvalue weighted by Crippen LogP contribution is -2.52. The third-order valence-corrected chi connectivity index (χ3v) is 2.60. The summed E-state index contributed by atoms with van der Waals surface area (Å²) in [4.78, 5) is 13.3. The Balaban J connectivity index is 1.94. The van der Waals surface area contributed by atoms with Crippen molar-refractivity contribution in [2.45, 2.75) is 19.0 Å². The highest BCUT2D eigenvalue weighted by Crippen LogP contribution is 2.20. The quantitative estimate of drug-likeness (QED) is 0.664. The van der Waals surface area contributed by atoms with E-state index in [1.54, 1.807) is 6.20 Å². The fourth-order valence-corrected chi connectivity index (χ4v) is 1.66. The molecule has 1 unspecified atom stereocenters. The van der Waals surface area contributed by atoms with Crippen LogP contribution in [0, 0.1) is 0 Å². The monoisotopic (exact) mass is 207 g/mol. The predicted molar refractivity (Wildman–Crippen MR) is 52.9 cm³/mol. The number of hydrogen-bond acceptors (Lipinski definition) is 5. The molecule has 2 rings (SSSR count). The van der Waals surface area contributed by atoms with Gasteiger partial charge in [0.25, 0.3) is 0 Å². The Kier molecular flexibility index (Phi) is 2.91. The summed E-state index contributed by atoms with van der Waals surface area (Å²) in [5, 5.41) is 7.77. The summed E-state index contributed by atoms with van der Waals surface area (Å²) in [5.74, 6) is -0.162. The van der Waals surface area contributed by atoms with Crippen LogP contribution in [0.15, 0.2) is 18.3 Å². The molecule has 1 fully saturated rings. The molecule has 15 heavy (non-hydrogen) atoms. The van der Waals surface area contributed by atoms with Crippen LogP contribution in [0.4, 0.5) is 0 Å². The summed E-state index contributed by atoms with van der Waals surface area (Å²) in [6.07, 6.45) is 2.50. The highest BCUT2D eigenvalue weighted by atomic mass is 16.5. The van der Waals surface area contributed by atoms with E-state index in [1.165, 1.54) is 7.11 Å². The molecule has 0 spiro atoms. The van der Waals surface area contributed by atoms with E-state index in [0.717, 1.165) is 18.7 Å². The molecule has 0 radical (unpaired) electrons. The van der Waals surface area contributed by atoms with Crippen LogP contribution in [-0.2, 0) is 16.1 Å². The molecule has 1 aromatic heterocycles. The molecule has 0 amide bonds. The van der Waals surface area contributed by atoms with Crippen LogP contribution in [0.2, 0.25) is 0 Å². The average Bonchev–Trinajstić information content (AvgIpc) is 2.25. The summed E-state index contributed by atoms with van der Waals surface area (Å²) in [7, 11) is 1.42. The second-order valence-corrected chi connectivity index (χ2v) is 3.51. The van der Waals surface area contributed by atoms with Gasteiger partial charge in [-0.3, -0.25) is 9.69 Å². The summed E-state index contributed by atoms with van der Waals surface area (Å²) >= 11 is 0. The second kappa shape index (κ2) is 4.35. The van der Waals surface area contributed by atoms with E-state index in [-0.39, 0.29) is 12.0 Å². The zero-order chi connectivity index (χ0) is 10.7. The molecule has 1 atom stereocenters. The largest absolute Gasteiger partial charge is 0.468 e. The van der Waals surface area contributed by atoms with Gasteiger partial charge in [-0.25, -0.2) is 0 Å². The third kappa shape index (κ3) is 2.12. The molecule has 80 valence electrons. The van der Waals surface area contributed by atoms with Gasteiger partial charge in [-0.2, -0.15) is 10.2 Å². The number of likely N-dealkylation sites (tertiary alicyclic amines) is 1. The highest BCUT2D eigenvalue weighted by Gasteiger charge is 2.34. The Labute approximate surface area is 88.1 Å². The molecule has 0 N–H and O–H groups in total. The van der Waals surface area contributed by atoms with Crippen molar-refractivity contribution in [3.05, 3.63) is 24.0 Å². The molecule has 0 aromatic carbocycles. The molecule has 0 aliphatic carbocycles. The van der Waals surface area contributed by atoms with Crippen LogP contribution in [0.1, 0.15) is 12.1 Å². The van der Waals surface area contributed by atoms with E-state index in [0.29, 0.717) is 6.54 Å². The van der Waals surface area contributed by atoms with Crippen LogP contribution in [0.25, 0.3) is 0 Å². The van der Waals surface area contributed by atoms with E-state index in [9.17, 15) is 4.79 Å². The van der Waals surface area contributed by atoms with Crippen molar-refractivity contribution in [1.82, 2.24) is 15.1 Å². The van der Waals surface area contributed by atoms with Gasteiger partial charge in [0.15, 0.2) is 0 Å². The lowest BCUT2D eigenvalue weighted by molar-refractivity contribution is -0.152. The van der Waals surface area contributed by atoms with Gasteiger partial charge in [0.1, 0.15) is 6.04 Å². The van der Waals surface area contributed by atoms with Gasteiger partial charge < -0.3 is 4.74 Å². The summed E-state index contributed by atoms with van der Waals surface area (Å²) in [6.45, 7) is 1.57. The summed E-state index contributed by atoms with van der Waals surface area (Å²) in [5.41, 5.74) is 0.881. The number of aromatic nitrogens is 2. The Morgan fingerprint density at radius 1 is 1.73 bits per heavy atom. The van der Waals surface area contributed by atoms with Gasteiger partial charge >= 0.3 is 5.97 Å². The Bertz CT molecular complexity index is 342. The van der Waals surface area contributed by atoms with Crippen molar-refractivity contribution in [3.8, 4) is 0 Å². The molecular weight excluding hydrogens is 194 g/mol. The molecule has 1 aromatic rings. The van der Waals surface area contributed by atoms with Crippen molar-refractivity contribution in [1.29, 1.82) is 0 Å². The van der Waals surface area contributed by atoms with Crippen LogP contribution in [0.3, 0.4) is 0 Å². The van der Waals surface area contributed by atoms with Gasteiger partial charge in [-0.05, 0) is 18.6 Å². The molecule has 0 saturated carbocycles. The number of carbonyl (C=O) groups excluding carboxylic acids is 1. The first kappa shape index (κ1) is 10.0. The molecular formula is C10H13N3O2. The molecule has 0 bridgehead atoms. The van der Waals surface area contributed by atoms with Gasteiger partial charge in [-0.1, -0.05) is 0 Å². The minimum absolute atomic E-state index is 0.1000.